The van der Waals surface area contributed by atoms with Gasteiger partial charge >= 0.3 is 0 Å². The number of rotatable bonds is 18. The summed E-state index contributed by atoms with van der Waals surface area (Å²) in [6.45, 7) is 11.2. The predicted molar refractivity (Wildman–Crippen MR) is 292 cm³/mol. The number of aromatic nitrogens is 5. The number of nitrogen functional groups attached to an aromatic ring is 1. The molecule has 2 amide bonds. The molecule has 6 atom stereocenters. The highest BCUT2D eigenvalue weighted by atomic mass is 32.1. The SMILES string of the molecule is Cc1ncsc1-c1ccc([C@H](C)NC(=O)[C@@H]2C[C@@H](O)CN2C(=O)[C@@H](c2onc(OCCN3CCC(OC4CC(Oc5cc(N6C7CC[C@@H]6CN(c6cc(-c8ccccc8O)nnc6N)C7)ccn5)C4)CC3)c2F)C(C)C)cc1. The van der Waals surface area contributed by atoms with Crippen molar-refractivity contribution in [2.24, 2.45) is 5.92 Å². The average molecular weight is 1090 g/mol. The number of likely N-dealkylation sites (tertiary alicyclic amines) is 2. The molecule has 5 aliphatic rings. The minimum Gasteiger partial charge on any atom is -0.507 e. The second-order valence-electron chi connectivity index (χ2n) is 21.8. The molecular formula is C57H68FN11O8S. The summed E-state index contributed by atoms with van der Waals surface area (Å²) in [6, 6.07) is 20.3. The third-order valence-electron chi connectivity index (χ3n) is 16.2. The van der Waals surface area contributed by atoms with Crippen molar-refractivity contribution in [3.05, 3.63) is 101 Å². The van der Waals surface area contributed by atoms with E-state index >= 15 is 4.39 Å². The van der Waals surface area contributed by atoms with Crippen molar-refractivity contribution in [1.29, 1.82) is 0 Å². The number of hydrogen-bond acceptors (Lipinski definition) is 18. The molecule has 4 saturated heterocycles. The quantitative estimate of drug-likeness (QED) is 0.0662. The van der Waals surface area contributed by atoms with Gasteiger partial charge in [-0.2, -0.15) is 4.39 Å². The number of ether oxygens (including phenoxy) is 3. The molecule has 412 valence electrons. The van der Waals surface area contributed by atoms with E-state index in [1.165, 1.54) is 4.90 Å². The van der Waals surface area contributed by atoms with Crippen molar-refractivity contribution >= 4 is 40.3 Å². The number of para-hydroxylation sites is 1. The standard InChI is InChI=1S/C57H68FN11O8S/c1-32(2)50(57(73)68-30-40(70)24-47(68)55(72)62-33(3)35-9-11-36(12-10-35)53-34(4)61-31-78-53)52-51(58)56(65-77-52)74-22-21-66-19-16-41(17-20-66)75-42-25-43(26-42)76-49-23-37(15-18-60-49)69-38-13-14-39(69)29-67(28-38)46-27-45(63-64-54(46)59)44-7-5-6-8-48(44)71/h5-12,15,18,23,27,31-33,38-43,47,50,70-71H,13-14,16-17,19-22,24-26,28-30H2,1-4H3,(H2,59,64)(H,62,72)/t33-,38+,39?,40+,42?,43?,47-,50+/m0/s1. The van der Waals surface area contributed by atoms with Crippen molar-refractivity contribution < 1.29 is 42.9 Å². The Morgan fingerprint density at radius 3 is 2.40 bits per heavy atom. The number of pyridine rings is 1. The van der Waals surface area contributed by atoms with Gasteiger partial charge in [-0.05, 0) is 86.0 Å². The number of phenols is 1. The van der Waals surface area contributed by atoms with Gasteiger partial charge in [0, 0.05) is 94.1 Å². The van der Waals surface area contributed by atoms with Crippen LogP contribution in [0.1, 0.15) is 94.7 Å². The Bertz CT molecular complexity index is 3060. The fraction of sp³-hybridized carbons (Fsp3) is 0.491. The number of carbonyl (C=O) groups excluding carboxylic acids is 2. The highest BCUT2D eigenvalue weighted by molar-refractivity contribution is 7.13. The summed E-state index contributed by atoms with van der Waals surface area (Å²) in [5.74, 6) is -2.74. The number of halogens is 1. The number of benzene rings is 2. The second-order valence-corrected chi connectivity index (χ2v) is 22.7. The van der Waals surface area contributed by atoms with Gasteiger partial charge < -0.3 is 54.7 Å². The van der Waals surface area contributed by atoms with E-state index in [0.717, 1.165) is 97.8 Å². The Morgan fingerprint density at radius 2 is 1.68 bits per heavy atom. The Hall–Kier alpha value is -6.94. The van der Waals surface area contributed by atoms with Crippen LogP contribution < -0.4 is 30.3 Å². The molecule has 21 heteroatoms. The van der Waals surface area contributed by atoms with E-state index in [1.807, 2.05) is 68.0 Å². The summed E-state index contributed by atoms with van der Waals surface area (Å²) in [6.07, 6.45) is 6.63. The number of β-amino-alcohol motifs (C(OH)–C–C–N with tert-alkyl or cyclic N) is 1. The van der Waals surface area contributed by atoms with Gasteiger partial charge in [0.1, 0.15) is 30.4 Å². The van der Waals surface area contributed by atoms with Gasteiger partial charge in [0.05, 0.1) is 51.8 Å². The average Bonchev–Trinajstić information content (AvgIpc) is 4.26. The van der Waals surface area contributed by atoms with Crippen LogP contribution >= 0.6 is 11.3 Å². The van der Waals surface area contributed by atoms with Crippen LogP contribution in [0.3, 0.4) is 0 Å². The number of anilines is 3. The lowest BCUT2D eigenvalue weighted by Crippen LogP contribution is -2.54. The molecule has 0 radical (unpaired) electrons. The first kappa shape index (κ1) is 53.1. The maximum Gasteiger partial charge on any atom is 0.291 e. The molecule has 19 nitrogen and oxygen atoms in total. The lowest BCUT2D eigenvalue weighted by molar-refractivity contribution is -0.141. The van der Waals surface area contributed by atoms with Crippen LogP contribution in [-0.2, 0) is 14.3 Å². The van der Waals surface area contributed by atoms with Gasteiger partial charge in [0.2, 0.25) is 23.5 Å². The van der Waals surface area contributed by atoms with Crippen LogP contribution in [0.25, 0.3) is 21.7 Å². The van der Waals surface area contributed by atoms with E-state index < -0.39 is 41.6 Å². The number of phenolic OH excluding ortho intramolecular Hbond substituents is 1. The zero-order valence-corrected chi connectivity index (χ0v) is 45.2. The van der Waals surface area contributed by atoms with Crippen LogP contribution in [0.15, 0.2) is 83.0 Å². The van der Waals surface area contributed by atoms with E-state index in [1.54, 1.807) is 37.3 Å². The number of amides is 2. The fourth-order valence-corrected chi connectivity index (χ4v) is 12.8. The molecule has 78 heavy (non-hydrogen) atoms. The van der Waals surface area contributed by atoms with Gasteiger partial charge in [0.25, 0.3) is 5.88 Å². The highest BCUT2D eigenvalue weighted by Gasteiger charge is 2.46. The monoisotopic (exact) mass is 1090 g/mol. The summed E-state index contributed by atoms with van der Waals surface area (Å²) in [7, 11) is 0. The van der Waals surface area contributed by atoms with Crippen molar-refractivity contribution in [1.82, 2.24) is 40.4 Å². The van der Waals surface area contributed by atoms with Gasteiger partial charge in [-0.1, -0.05) is 50.2 Å². The number of aryl methyl sites for hydroxylation is 1. The molecule has 2 bridgehead atoms. The van der Waals surface area contributed by atoms with Crippen LogP contribution in [0.4, 0.5) is 21.6 Å². The maximum absolute atomic E-state index is 16.1. The van der Waals surface area contributed by atoms with E-state index in [9.17, 15) is 19.8 Å². The number of hydrogen-bond donors (Lipinski definition) is 4. The number of nitrogens with two attached hydrogens (primary N) is 1. The third kappa shape index (κ3) is 11.2. The Morgan fingerprint density at radius 1 is 0.923 bits per heavy atom. The van der Waals surface area contributed by atoms with E-state index in [-0.39, 0.29) is 73.4 Å². The number of nitrogens with zero attached hydrogens (tertiary/aromatic N) is 9. The van der Waals surface area contributed by atoms with Crippen molar-refractivity contribution in [2.45, 2.75) is 127 Å². The first-order valence-corrected chi connectivity index (χ1v) is 28.1. The molecule has 1 unspecified atom stereocenters. The number of aromatic hydroxyl groups is 1. The highest BCUT2D eigenvalue weighted by Crippen LogP contribution is 2.41. The molecule has 5 N–H and O–H groups in total. The molecule has 2 aromatic carbocycles. The number of aliphatic hydroxyl groups is 1. The van der Waals surface area contributed by atoms with Crippen LogP contribution in [0, 0.1) is 18.7 Å². The number of nitrogens with one attached hydrogen (secondary N) is 1. The molecule has 1 saturated carbocycles. The minimum absolute atomic E-state index is 0.0237. The second kappa shape index (κ2) is 22.8. The van der Waals surface area contributed by atoms with Crippen molar-refractivity contribution in [3.8, 4) is 39.2 Å². The number of thiazole rings is 1. The minimum atomic E-state index is -1.10. The molecule has 1 aliphatic carbocycles. The van der Waals surface area contributed by atoms with E-state index in [0.29, 0.717) is 29.5 Å². The molecular weight excluding hydrogens is 1020 g/mol. The van der Waals surface area contributed by atoms with Gasteiger partial charge in [-0.3, -0.25) is 14.5 Å². The Kier molecular flexibility index (Phi) is 15.5. The first-order chi connectivity index (χ1) is 37.7. The van der Waals surface area contributed by atoms with Gasteiger partial charge in [-0.25, -0.2) is 9.97 Å². The zero-order valence-electron chi connectivity index (χ0n) is 44.4. The smallest absolute Gasteiger partial charge is 0.291 e. The molecule has 4 aliphatic heterocycles. The third-order valence-corrected chi connectivity index (χ3v) is 17.2. The summed E-state index contributed by atoms with van der Waals surface area (Å²) in [4.78, 5) is 46.4. The molecule has 4 aromatic heterocycles. The summed E-state index contributed by atoms with van der Waals surface area (Å²) in [5.41, 5.74) is 14.2. The number of fused-ring (bicyclic) bond motifs is 2. The number of carbonyl (C=O) groups is 2. The molecule has 11 rings (SSSR count). The van der Waals surface area contributed by atoms with E-state index in [2.05, 4.69) is 57.5 Å². The summed E-state index contributed by atoms with van der Waals surface area (Å²) < 4.78 is 40.3. The molecule has 0 spiro atoms. The Labute approximate surface area is 456 Å². The lowest BCUT2D eigenvalue weighted by Gasteiger charge is -2.43. The summed E-state index contributed by atoms with van der Waals surface area (Å²) >= 11 is 1.57. The van der Waals surface area contributed by atoms with E-state index in [4.69, 9.17) is 24.5 Å². The van der Waals surface area contributed by atoms with Crippen molar-refractivity contribution in [3.63, 3.8) is 0 Å². The number of aliphatic hydroxyl groups excluding tert-OH is 1. The molecule has 8 heterocycles. The fourth-order valence-electron chi connectivity index (χ4n) is 12.0. The number of piperazine rings is 1. The van der Waals surface area contributed by atoms with Gasteiger partial charge in [0.15, 0.2) is 11.6 Å². The number of piperidine rings is 1. The largest absolute Gasteiger partial charge is 0.507 e. The van der Waals surface area contributed by atoms with Crippen LogP contribution in [0.5, 0.6) is 17.5 Å². The van der Waals surface area contributed by atoms with Crippen molar-refractivity contribution in [2.75, 3.05) is 61.4 Å². The Balaban J connectivity index is 0.610. The predicted octanol–water partition coefficient (Wildman–Crippen LogP) is 7.29. The van der Waals surface area contributed by atoms with Gasteiger partial charge in [-0.15, -0.1) is 21.5 Å². The maximum atomic E-state index is 16.1. The molecule has 6 aromatic rings. The normalized spacial score (nSPS) is 23.3. The molecule has 5 fully saturated rings. The first-order valence-electron chi connectivity index (χ1n) is 27.3. The lowest BCUT2D eigenvalue weighted by atomic mass is 9.91. The van der Waals surface area contributed by atoms with Crippen LogP contribution in [-0.4, -0.2) is 146 Å². The summed E-state index contributed by atoms with van der Waals surface area (Å²) in [5, 5.41) is 36.6. The topological polar surface area (TPSA) is 231 Å². The van der Waals surface area contributed by atoms with Crippen LogP contribution in [0.2, 0.25) is 0 Å². The zero-order chi connectivity index (χ0) is 54.2.